The van der Waals surface area contributed by atoms with Crippen LogP contribution in [0.5, 0.6) is 0 Å². The Bertz CT molecular complexity index is 1200. The first-order valence-corrected chi connectivity index (χ1v) is 16.4. The maximum Gasteiger partial charge on any atom is 0.0463 e. The number of piperidine rings is 1. The maximum absolute atomic E-state index is 4.03. The summed E-state index contributed by atoms with van der Waals surface area (Å²) in [6.45, 7) is 9.06. The van der Waals surface area contributed by atoms with Gasteiger partial charge in [0.25, 0.3) is 0 Å². The molecule has 0 aromatic heterocycles. The molecular weight excluding hydrogens is 508 g/mol. The van der Waals surface area contributed by atoms with E-state index in [1.54, 1.807) is 0 Å². The minimum atomic E-state index is -0.188. The molecule has 0 spiro atoms. The Morgan fingerprint density at radius 1 is 0.690 bits per heavy atom. The van der Waals surface area contributed by atoms with Crippen molar-refractivity contribution in [3.05, 3.63) is 144 Å². The standard InChI is InChI=1S/C40H50N2/c1-3-5-26-38(4-2)41-33-39(34-18-10-6-11-19-34)27-30-42(31-28-39)32-29-40(35-20-12-7-13-21-35,36-22-14-8-15-23-36)37-24-16-9-17-25-37/h6-25,38,41H,3-5,26-33H2,1-2H3. The third-order valence-corrected chi connectivity index (χ3v) is 9.93. The highest BCUT2D eigenvalue weighted by molar-refractivity contribution is 5.50. The van der Waals surface area contributed by atoms with Crippen molar-refractivity contribution in [2.75, 3.05) is 26.2 Å². The topological polar surface area (TPSA) is 15.3 Å². The van der Waals surface area contributed by atoms with Crippen LogP contribution in [-0.2, 0) is 10.8 Å². The fraction of sp³-hybridized carbons (Fsp3) is 0.400. The van der Waals surface area contributed by atoms with Gasteiger partial charge < -0.3 is 10.2 Å². The van der Waals surface area contributed by atoms with Gasteiger partial charge in [0.15, 0.2) is 0 Å². The van der Waals surface area contributed by atoms with E-state index >= 15 is 0 Å². The lowest BCUT2D eigenvalue weighted by Crippen LogP contribution is -2.50. The Morgan fingerprint density at radius 3 is 1.62 bits per heavy atom. The van der Waals surface area contributed by atoms with Crippen LogP contribution in [0.1, 0.15) is 81.0 Å². The molecule has 0 bridgehead atoms. The van der Waals surface area contributed by atoms with Crippen molar-refractivity contribution in [1.29, 1.82) is 0 Å². The number of hydrogen-bond acceptors (Lipinski definition) is 2. The number of nitrogens with zero attached hydrogens (tertiary/aromatic N) is 1. The van der Waals surface area contributed by atoms with Gasteiger partial charge in [-0.3, -0.25) is 0 Å². The number of hydrogen-bond donors (Lipinski definition) is 1. The van der Waals surface area contributed by atoms with Crippen LogP contribution in [0.3, 0.4) is 0 Å². The summed E-state index contributed by atoms with van der Waals surface area (Å²) in [5.41, 5.74) is 5.65. The summed E-state index contributed by atoms with van der Waals surface area (Å²) in [5, 5.41) is 4.03. The molecule has 2 heteroatoms. The quantitative estimate of drug-likeness (QED) is 0.155. The van der Waals surface area contributed by atoms with Gasteiger partial charge in [-0.05, 0) is 74.0 Å². The summed E-state index contributed by atoms with van der Waals surface area (Å²) in [5.74, 6) is 0. The number of benzene rings is 4. The molecule has 42 heavy (non-hydrogen) atoms. The smallest absolute Gasteiger partial charge is 0.0463 e. The molecule has 1 N–H and O–H groups in total. The van der Waals surface area contributed by atoms with E-state index in [1.807, 2.05) is 0 Å². The monoisotopic (exact) mass is 558 g/mol. The van der Waals surface area contributed by atoms with E-state index < -0.39 is 0 Å². The van der Waals surface area contributed by atoms with E-state index in [4.69, 9.17) is 0 Å². The predicted molar refractivity (Wildman–Crippen MR) is 179 cm³/mol. The molecular formula is C40H50N2. The van der Waals surface area contributed by atoms with Gasteiger partial charge >= 0.3 is 0 Å². The van der Waals surface area contributed by atoms with Crippen LogP contribution in [0, 0.1) is 0 Å². The lowest BCUT2D eigenvalue weighted by Gasteiger charge is -2.44. The molecule has 1 unspecified atom stereocenters. The van der Waals surface area contributed by atoms with E-state index in [1.165, 1.54) is 60.8 Å². The number of rotatable bonds is 14. The zero-order valence-electron chi connectivity index (χ0n) is 25.8. The van der Waals surface area contributed by atoms with Gasteiger partial charge in [-0.2, -0.15) is 0 Å². The highest BCUT2D eigenvalue weighted by Gasteiger charge is 2.39. The number of unbranched alkanes of at least 4 members (excludes halogenated alkanes) is 1. The molecule has 0 amide bonds. The Labute approximate surface area is 255 Å². The highest BCUT2D eigenvalue weighted by atomic mass is 15.1. The molecule has 0 aliphatic carbocycles. The predicted octanol–water partition coefficient (Wildman–Crippen LogP) is 9.00. The van der Waals surface area contributed by atoms with Gasteiger partial charge in [0.05, 0.1) is 0 Å². The van der Waals surface area contributed by atoms with Crippen molar-refractivity contribution in [3.63, 3.8) is 0 Å². The second kappa shape index (κ2) is 14.8. The average Bonchev–Trinajstić information content (AvgIpc) is 3.08. The third kappa shape index (κ3) is 6.88. The molecule has 1 saturated heterocycles. The summed E-state index contributed by atoms with van der Waals surface area (Å²) < 4.78 is 0. The van der Waals surface area contributed by atoms with Crippen molar-refractivity contribution in [2.45, 2.75) is 75.7 Å². The first-order chi connectivity index (χ1) is 20.7. The summed E-state index contributed by atoms with van der Waals surface area (Å²) in [4.78, 5) is 2.74. The van der Waals surface area contributed by atoms with E-state index in [9.17, 15) is 0 Å². The van der Waals surface area contributed by atoms with Crippen LogP contribution < -0.4 is 5.32 Å². The lowest BCUT2D eigenvalue weighted by molar-refractivity contribution is 0.146. The number of nitrogens with one attached hydrogen (secondary N) is 1. The van der Waals surface area contributed by atoms with Crippen LogP contribution >= 0.6 is 0 Å². The summed E-state index contributed by atoms with van der Waals surface area (Å²) in [6, 6.07) is 45.5. The molecule has 4 aromatic rings. The molecule has 0 radical (unpaired) electrons. The Kier molecular flexibility index (Phi) is 10.7. The zero-order chi connectivity index (χ0) is 29.1. The average molecular weight is 559 g/mol. The molecule has 1 aliphatic rings. The fourth-order valence-corrected chi connectivity index (χ4v) is 7.23. The molecule has 1 aliphatic heterocycles. The Morgan fingerprint density at radius 2 is 1.17 bits per heavy atom. The Balaban J connectivity index is 1.37. The second-order valence-electron chi connectivity index (χ2n) is 12.4. The van der Waals surface area contributed by atoms with Crippen molar-refractivity contribution in [2.24, 2.45) is 0 Å². The van der Waals surface area contributed by atoms with Gasteiger partial charge in [-0.1, -0.05) is 148 Å². The van der Waals surface area contributed by atoms with E-state index in [0.29, 0.717) is 6.04 Å². The third-order valence-electron chi connectivity index (χ3n) is 9.93. The van der Waals surface area contributed by atoms with E-state index in [0.717, 1.165) is 32.6 Å². The van der Waals surface area contributed by atoms with Crippen molar-refractivity contribution in [3.8, 4) is 0 Å². The fourth-order valence-electron chi connectivity index (χ4n) is 7.23. The molecule has 1 atom stereocenters. The molecule has 4 aromatic carbocycles. The van der Waals surface area contributed by atoms with Crippen LogP contribution in [0.25, 0.3) is 0 Å². The van der Waals surface area contributed by atoms with Gasteiger partial charge in [0.1, 0.15) is 0 Å². The second-order valence-corrected chi connectivity index (χ2v) is 12.4. The van der Waals surface area contributed by atoms with Gasteiger partial charge in [-0.15, -0.1) is 0 Å². The van der Waals surface area contributed by atoms with Crippen LogP contribution in [0.2, 0.25) is 0 Å². The maximum atomic E-state index is 4.03. The Hall–Kier alpha value is -3.20. The van der Waals surface area contributed by atoms with Gasteiger partial charge in [-0.25, -0.2) is 0 Å². The van der Waals surface area contributed by atoms with Crippen molar-refractivity contribution >= 4 is 0 Å². The van der Waals surface area contributed by atoms with E-state index in [-0.39, 0.29) is 10.8 Å². The van der Waals surface area contributed by atoms with Crippen LogP contribution in [0.15, 0.2) is 121 Å². The van der Waals surface area contributed by atoms with Crippen LogP contribution in [0.4, 0.5) is 0 Å². The molecule has 1 heterocycles. The molecule has 1 fully saturated rings. The van der Waals surface area contributed by atoms with Crippen molar-refractivity contribution < 1.29 is 0 Å². The summed E-state index contributed by atoms with van der Waals surface area (Å²) in [7, 11) is 0. The van der Waals surface area contributed by atoms with E-state index in [2.05, 4.69) is 145 Å². The van der Waals surface area contributed by atoms with Gasteiger partial charge in [0.2, 0.25) is 0 Å². The zero-order valence-corrected chi connectivity index (χ0v) is 25.8. The lowest BCUT2D eigenvalue weighted by atomic mass is 9.67. The highest BCUT2D eigenvalue weighted by Crippen LogP contribution is 2.43. The number of likely N-dealkylation sites (tertiary alicyclic amines) is 1. The normalized spacial score (nSPS) is 16.2. The first-order valence-electron chi connectivity index (χ1n) is 16.4. The largest absolute Gasteiger partial charge is 0.313 e. The SMILES string of the molecule is CCCCC(CC)NCC1(c2ccccc2)CCN(CCC(c2ccccc2)(c2ccccc2)c2ccccc2)CC1. The minimum Gasteiger partial charge on any atom is -0.313 e. The first kappa shape index (κ1) is 30.3. The summed E-state index contributed by atoms with van der Waals surface area (Å²) in [6.07, 6.45) is 8.52. The summed E-state index contributed by atoms with van der Waals surface area (Å²) >= 11 is 0. The van der Waals surface area contributed by atoms with Crippen LogP contribution in [-0.4, -0.2) is 37.1 Å². The molecule has 0 saturated carbocycles. The molecule has 220 valence electrons. The van der Waals surface area contributed by atoms with Gasteiger partial charge in [0, 0.05) is 23.4 Å². The molecule has 2 nitrogen and oxygen atoms in total. The minimum absolute atomic E-state index is 0.188. The molecule has 5 rings (SSSR count). The van der Waals surface area contributed by atoms with Crippen molar-refractivity contribution in [1.82, 2.24) is 10.2 Å².